The summed E-state index contributed by atoms with van der Waals surface area (Å²) < 4.78 is 16.6. The predicted molar refractivity (Wildman–Crippen MR) is 278 cm³/mol. The smallest absolute Gasteiger partial charge is 0.305 e. The molecule has 1 amide bonds. The summed E-state index contributed by atoms with van der Waals surface area (Å²) >= 11 is 0. The molecule has 1 fully saturated rings. The van der Waals surface area contributed by atoms with Crippen molar-refractivity contribution in [3.8, 4) is 0 Å². The molecule has 0 saturated carbocycles. The van der Waals surface area contributed by atoms with E-state index in [9.17, 15) is 35.1 Å². The molecule has 7 unspecified atom stereocenters. The van der Waals surface area contributed by atoms with Crippen molar-refractivity contribution >= 4 is 11.9 Å². The van der Waals surface area contributed by atoms with Gasteiger partial charge < -0.3 is 45.1 Å². The Morgan fingerprint density at radius 1 is 0.544 bits per heavy atom. The average molecular weight is 960 g/mol. The Balaban J connectivity index is 2.23. The number of esters is 1. The van der Waals surface area contributed by atoms with Crippen LogP contribution in [-0.2, 0) is 23.8 Å². The van der Waals surface area contributed by atoms with Gasteiger partial charge in [0.05, 0.1) is 32.0 Å². The van der Waals surface area contributed by atoms with Gasteiger partial charge in [0.15, 0.2) is 6.29 Å². The summed E-state index contributed by atoms with van der Waals surface area (Å²) in [5.74, 6) is -0.320. The number of hydrogen-bond donors (Lipinski definition) is 6. The first-order valence-electron chi connectivity index (χ1n) is 27.6. The first-order chi connectivity index (χ1) is 33.2. The molecular weight excluding hydrogens is 859 g/mol. The summed E-state index contributed by atoms with van der Waals surface area (Å²) in [4.78, 5) is 25.0. The largest absolute Gasteiger partial charge is 0.466 e. The zero-order chi connectivity index (χ0) is 49.6. The molecule has 0 aromatic heterocycles. The Morgan fingerprint density at radius 3 is 1.57 bits per heavy atom. The number of rotatable bonds is 46. The number of carbonyl (C=O) groups excluding carboxylic acids is 2. The van der Waals surface area contributed by atoms with Crippen LogP contribution in [0.2, 0.25) is 0 Å². The van der Waals surface area contributed by atoms with Crippen LogP contribution >= 0.6 is 0 Å². The second-order valence-electron chi connectivity index (χ2n) is 18.9. The van der Waals surface area contributed by atoms with E-state index in [2.05, 4.69) is 55.6 Å². The second-order valence-corrected chi connectivity index (χ2v) is 18.9. The van der Waals surface area contributed by atoms with E-state index in [1.54, 1.807) is 6.08 Å². The van der Waals surface area contributed by atoms with Crippen LogP contribution in [0.1, 0.15) is 226 Å². The summed E-state index contributed by atoms with van der Waals surface area (Å²) in [5.41, 5.74) is 0. The van der Waals surface area contributed by atoms with Crippen LogP contribution in [0.15, 0.2) is 60.8 Å². The van der Waals surface area contributed by atoms with Gasteiger partial charge in [-0.3, -0.25) is 9.59 Å². The summed E-state index contributed by atoms with van der Waals surface area (Å²) in [6.07, 6.45) is 48.8. The van der Waals surface area contributed by atoms with Crippen LogP contribution in [0.4, 0.5) is 0 Å². The van der Waals surface area contributed by atoms with E-state index in [1.165, 1.54) is 109 Å². The molecule has 11 nitrogen and oxygen atoms in total. The first-order valence-corrected chi connectivity index (χ1v) is 27.6. The first kappa shape index (κ1) is 63.4. The Labute approximate surface area is 414 Å². The molecule has 0 aromatic rings. The van der Waals surface area contributed by atoms with Gasteiger partial charge in [0.2, 0.25) is 5.91 Å². The van der Waals surface area contributed by atoms with Crippen molar-refractivity contribution < 1.29 is 49.3 Å². The van der Waals surface area contributed by atoms with Crippen molar-refractivity contribution in [1.82, 2.24) is 5.32 Å². The number of hydrogen-bond acceptors (Lipinski definition) is 10. The maximum absolute atomic E-state index is 13.0. The van der Waals surface area contributed by atoms with Crippen molar-refractivity contribution in [2.45, 2.75) is 269 Å². The predicted octanol–water partition coefficient (Wildman–Crippen LogP) is 11.9. The van der Waals surface area contributed by atoms with Crippen molar-refractivity contribution in [3.63, 3.8) is 0 Å². The molecule has 7 atom stereocenters. The number of nitrogens with one attached hydrogen (secondary N) is 1. The monoisotopic (exact) mass is 960 g/mol. The van der Waals surface area contributed by atoms with Crippen LogP contribution in [0.3, 0.4) is 0 Å². The molecule has 11 heteroatoms. The Hall–Kier alpha value is -2.64. The molecule has 1 aliphatic heterocycles. The highest BCUT2D eigenvalue weighted by molar-refractivity contribution is 5.76. The summed E-state index contributed by atoms with van der Waals surface area (Å²) in [6, 6.07) is -0.856. The molecule has 6 N–H and O–H groups in total. The third kappa shape index (κ3) is 36.3. The maximum Gasteiger partial charge on any atom is 0.305 e. The van der Waals surface area contributed by atoms with Gasteiger partial charge in [0, 0.05) is 12.8 Å². The van der Waals surface area contributed by atoms with Gasteiger partial charge in [-0.25, -0.2) is 0 Å². The lowest BCUT2D eigenvalue weighted by atomic mass is 9.99. The molecule has 1 saturated heterocycles. The highest BCUT2D eigenvalue weighted by atomic mass is 16.7. The Morgan fingerprint density at radius 2 is 1.03 bits per heavy atom. The van der Waals surface area contributed by atoms with E-state index in [0.717, 1.165) is 83.5 Å². The highest BCUT2D eigenvalue weighted by Gasteiger charge is 2.44. The number of aliphatic hydroxyl groups excluding tert-OH is 5. The van der Waals surface area contributed by atoms with Gasteiger partial charge in [0.1, 0.15) is 24.4 Å². The number of carbonyl (C=O) groups is 2. The van der Waals surface area contributed by atoms with Crippen LogP contribution < -0.4 is 5.32 Å². The van der Waals surface area contributed by atoms with Crippen molar-refractivity contribution in [3.05, 3.63) is 60.8 Å². The van der Waals surface area contributed by atoms with Crippen LogP contribution in [-0.4, -0.2) is 100 Å². The molecule has 1 aliphatic rings. The second kappa shape index (κ2) is 46.7. The summed E-state index contributed by atoms with van der Waals surface area (Å²) in [7, 11) is 0. The summed E-state index contributed by atoms with van der Waals surface area (Å²) in [6.45, 7) is 4.17. The SMILES string of the molecule is CCC/C=C\C/C=C\CCCCCCCC(=O)OCCCCCCCC/C=C\C/C=C\CCC(=O)NC(COC1OC(CO)C(O)C(O)C1O)C(O)/C=C/CCCCCCCCCCCCCC. The van der Waals surface area contributed by atoms with Gasteiger partial charge >= 0.3 is 5.97 Å². The molecule has 0 bridgehead atoms. The minimum atomic E-state index is -1.59. The molecule has 68 heavy (non-hydrogen) atoms. The number of amides is 1. The number of ether oxygens (including phenoxy) is 3. The maximum atomic E-state index is 13.0. The minimum Gasteiger partial charge on any atom is -0.466 e. The molecule has 0 spiro atoms. The summed E-state index contributed by atoms with van der Waals surface area (Å²) in [5, 5.41) is 54.3. The van der Waals surface area contributed by atoms with Crippen molar-refractivity contribution in [2.75, 3.05) is 19.8 Å². The third-order valence-corrected chi connectivity index (χ3v) is 12.6. The minimum absolute atomic E-state index is 0.0555. The molecule has 0 aromatic carbocycles. The van der Waals surface area contributed by atoms with Gasteiger partial charge in [0.25, 0.3) is 0 Å². The number of aliphatic hydroxyl groups is 5. The Bertz CT molecular complexity index is 1310. The van der Waals surface area contributed by atoms with E-state index in [-0.39, 0.29) is 24.9 Å². The topological polar surface area (TPSA) is 175 Å². The lowest BCUT2D eigenvalue weighted by molar-refractivity contribution is -0.302. The third-order valence-electron chi connectivity index (χ3n) is 12.6. The van der Waals surface area contributed by atoms with Gasteiger partial charge in [-0.05, 0) is 77.0 Å². The van der Waals surface area contributed by atoms with Gasteiger partial charge in [-0.1, -0.05) is 197 Å². The normalized spacial score (nSPS) is 19.9. The number of allylic oxidation sites excluding steroid dienone is 9. The van der Waals surface area contributed by atoms with Crippen LogP contribution in [0.25, 0.3) is 0 Å². The molecule has 394 valence electrons. The fourth-order valence-corrected chi connectivity index (χ4v) is 8.17. The van der Waals surface area contributed by atoms with Crippen LogP contribution in [0.5, 0.6) is 0 Å². The van der Waals surface area contributed by atoms with E-state index in [4.69, 9.17) is 14.2 Å². The van der Waals surface area contributed by atoms with E-state index in [1.807, 2.05) is 18.2 Å². The zero-order valence-corrected chi connectivity index (χ0v) is 43.0. The Kier molecular flexibility index (Phi) is 43.5. The zero-order valence-electron chi connectivity index (χ0n) is 43.0. The van der Waals surface area contributed by atoms with E-state index in [0.29, 0.717) is 19.4 Å². The lowest BCUT2D eigenvalue weighted by Crippen LogP contribution is -2.60. The van der Waals surface area contributed by atoms with Crippen molar-refractivity contribution in [1.29, 1.82) is 0 Å². The van der Waals surface area contributed by atoms with E-state index >= 15 is 0 Å². The lowest BCUT2D eigenvalue weighted by Gasteiger charge is -2.40. The molecule has 1 rings (SSSR count). The molecular formula is C57H101NO10. The van der Waals surface area contributed by atoms with E-state index < -0.39 is 49.5 Å². The fraction of sp³-hybridized carbons (Fsp3) is 0.789. The molecule has 1 heterocycles. The molecule has 0 radical (unpaired) electrons. The number of unbranched alkanes of at least 4 members (excludes halogenated alkanes) is 24. The standard InChI is InChI=1S/C57H101NO10/c1-3-5-7-9-11-13-15-17-20-23-27-31-35-39-43-50(60)49(48-67-57-56(65)55(64)54(63)51(47-59)68-57)58-52(61)44-40-36-32-28-24-21-18-22-26-30-34-38-42-46-66-53(62)45-41-37-33-29-25-19-16-14-12-10-8-6-4-2/h8,10,14,16,21,24,32,36,39,43,49-51,54-57,59-60,63-65H,3-7,9,11-13,15,17-20,22-23,25-31,33-35,37-38,40-42,44-48H2,1-2H3,(H,58,61)/b10-8-,16-14-,24-21-,36-32-,43-39+. The molecule has 0 aliphatic carbocycles. The fourth-order valence-electron chi connectivity index (χ4n) is 8.17. The van der Waals surface area contributed by atoms with Crippen LogP contribution in [0, 0.1) is 0 Å². The highest BCUT2D eigenvalue weighted by Crippen LogP contribution is 2.23. The van der Waals surface area contributed by atoms with Gasteiger partial charge in [-0.15, -0.1) is 0 Å². The van der Waals surface area contributed by atoms with Crippen molar-refractivity contribution in [2.24, 2.45) is 0 Å². The average Bonchev–Trinajstić information content (AvgIpc) is 3.33. The van der Waals surface area contributed by atoms with Gasteiger partial charge in [-0.2, -0.15) is 0 Å². The quantitative estimate of drug-likeness (QED) is 0.0196.